The van der Waals surface area contributed by atoms with E-state index in [9.17, 15) is 9.59 Å². The maximum absolute atomic E-state index is 12.7. The minimum absolute atomic E-state index is 0.146. The summed E-state index contributed by atoms with van der Waals surface area (Å²) >= 11 is 13.5. The van der Waals surface area contributed by atoms with Crippen LogP contribution in [0.5, 0.6) is 11.5 Å². The van der Waals surface area contributed by atoms with Gasteiger partial charge in [0.15, 0.2) is 0 Å². The highest BCUT2D eigenvalue weighted by molar-refractivity contribution is 6.37. The first-order valence-corrected chi connectivity index (χ1v) is 14.5. The first-order chi connectivity index (χ1) is 21.3. The number of benzene rings is 3. The summed E-state index contributed by atoms with van der Waals surface area (Å²) in [6.07, 6.45) is 4.95. The molecule has 44 heavy (non-hydrogen) atoms. The lowest BCUT2D eigenvalue weighted by Gasteiger charge is -2.16. The van der Waals surface area contributed by atoms with Crippen molar-refractivity contribution < 1.29 is 19.1 Å². The molecular weight excluding hydrogens is 599 g/mol. The van der Waals surface area contributed by atoms with Crippen molar-refractivity contribution >= 4 is 52.0 Å². The average Bonchev–Trinajstić information content (AvgIpc) is 3.50. The topological polar surface area (TPSA) is 94.5 Å². The third-order valence-electron chi connectivity index (χ3n) is 7.02. The van der Waals surface area contributed by atoms with E-state index in [1.54, 1.807) is 37.4 Å². The summed E-state index contributed by atoms with van der Waals surface area (Å²) in [5.74, 6) is 0.512. The number of ether oxygens (including phenoxy) is 2. The van der Waals surface area contributed by atoms with Crippen LogP contribution in [0, 0.1) is 6.92 Å². The van der Waals surface area contributed by atoms with Crippen LogP contribution < -0.4 is 20.1 Å². The lowest BCUT2D eigenvalue weighted by molar-refractivity contribution is -0.116. The molecule has 0 unspecified atom stereocenters. The van der Waals surface area contributed by atoms with E-state index < -0.39 is 0 Å². The Bertz CT molecular complexity index is 1880. The summed E-state index contributed by atoms with van der Waals surface area (Å²) in [4.78, 5) is 29.3. The molecule has 2 N–H and O–H groups in total. The van der Waals surface area contributed by atoms with E-state index >= 15 is 0 Å². The molecule has 0 aliphatic heterocycles. The average molecular weight is 630 g/mol. The number of aryl methyl sites for hydroxylation is 1. The molecule has 224 valence electrons. The van der Waals surface area contributed by atoms with Gasteiger partial charge in [0.2, 0.25) is 5.91 Å². The van der Waals surface area contributed by atoms with Crippen LogP contribution in [-0.2, 0) is 17.9 Å². The van der Waals surface area contributed by atoms with Gasteiger partial charge in [0.25, 0.3) is 5.91 Å². The van der Waals surface area contributed by atoms with Gasteiger partial charge in [0.05, 0.1) is 29.9 Å². The van der Waals surface area contributed by atoms with Crippen molar-refractivity contribution in [3.8, 4) is 17.2 Å². The summed E-state index contributed by atoms with van der Waals surface area (Å²) in [7, 11) is 3.04. The number of carbonyl (C=O) groups excluding carboxylic acids is 2. The quantitative estimate of drug-likeness (QED) is 0.164. The number of hydrogen-bond donors (Lipinski definition) is 2. The zero-order valence-electron chi connectivity index (χ0n) is 24.4. The van der Waals surface area contributed by atoms with Crippen LogP contribution >= 0.6 is 23.2 Å². The highest BCUT2D eigenvalue weighted by Crippen LogP contribution is 2.33. The molecule has 0 aliphatic rings. The molecule has 0 saturated heterocycles. The molecule has 0 spiro atoms. The van der Waals surface area contributed by atoms with Gasteiger partial charge in [0, 0.05) is 46.7 Å². The monoisotopic (exact) mass is 628 g/mol. The molecule has 3 aromatic carbocycles. The zero-order valence-corrected chi connectivity index (χ0v) is 25.9. The summed E-state index contributed by atoms with van der Waals surface area (Å²) in [5.41, 5.74) is 4.95. The largest absolute Gasteiger partial charge is 0.496 e. The number of rotatable bonds is 10. The Hall–Kier alpha value is -4.79. The number of carbonyl (C=O) groups is 2. The van der Waals surface area contributed by atoms with Gasteiger partial charge in [-0.15, -0.1) is 0 Å². The van der Waals surface area contributed by atoms with E-state index in [2.05, 4.69) is 15.6 Å². The third-order valence-corrected chi connectivity index (χ3v) is 7.80. The highest BCUT2D eigenvalue weighted by atomic mass is 35.5. The molecule has 0 radical (unpaired) electrons. The number of halogens is 2. The maximum Gasteiger partial charge on any atom is 0.254 e. The Morgan fingerprint density at radius 2 is 1.84 bits per heavy atom. The van der Waals surface area contributed by atoms with E-state index in [4.69, 9.17) is 32.7 Å². The number of amides is 2. The molecule has 0 aliphatic carbocycles. The molecule has 5 rings (SSSR count). The van der Waals surface area contributed by atoms with Crippen LogP contribution in [0.4, 0.5) is 0 Å². The number of pyridine rings is 1. The molecule has 0 atom stereocenters. The number of nitrogens with one attached hydrogen (secondary N) is 2. The van der Waals surface area contributed by atoms with Crippen molar-refractivity contribution in [2.24, 2.45) is 0 Å². The molecule has 0 saturated carbocycles. The lowest BCUT2D eigenvalue weighted by atomic mass is 10.1. The molecule has 2 amide bonds. The molecule has 2 aromatic heterocycles. The summed E-state index contributed by atoms with van der Waals surface area (Å²) < 4.78 is 13.4. The summed E-state index contributed by atoms with van der Waals surface area (Å²) in [6, 6.07) is 22.2. The molecular formula is C34H30Cl2N4O4. The Morgan fingerprint density at radius 1 is 1.00 bits per heavy atom. The van der Waals surface area contributed by atoms with Crippen molar-refractivity contribution in [3.63, 3.8) is 0 Å². The van der Waals surface area contributed by atoms with Gasteiger partial charge in [-0.1, -0.05) is 47.5 Å². The lowest BCUT2D eigenvalue weighted by Crippen LogP contribution is -2.21. The standard InChI is InChI=1S/C34H30Cl2N4O4/c1-21-9-12-23-6-4-8-29(33(23)39-21)44-20-26-27(35)14-15-28(32(26)36)40-17-5-7-24(40)19-38-31(41)16-11-22-10-13-25(34(42)37-2)30(18-22)43-3/h4-18H,19-20H2,1-3H3,(H,37,42)(H,38,41)/b16-11+. The Morgan fingerprint density at radius 3 is 2.64 bits per heavy atom. The molecule has 0 fully saturated rings. The molecule has 5 aromatic rings. The second-order valence-corrected chi connectivity index (χ2v) is 10.7. The van der Waals surface area contributed by atoms with E-state index in [0.29, 0.717) is 43.9 Å². The number of hydrogen-bond acceptors (Lipinski definition) is 5. The summed E-state index contributed by atoms with van der Waals surface area (Å²) in [6.45, 7) is 2.33. The van der Waals surface area contributed by atoms with Crippen LogP contribution in [-0.4, -0.2) is 35.5 Å². The van der Waals surface area contributed by atoms with E-state index in [-0.39, 0.29) is 25.0 Å². The molecule has 8 nitrogen and oxygen atoms in total. The van der Waals surface area contributed by atoms with Crippen LogP contribution in [0.1, 0.15) is 32.9 Å². The van der Waals surface area contributed by atoms with Crippen LogP contribution in [0.15, 0.2) is 85.1 Å². The Kier molecular flexibility index (Phi) is 9.53. The fraction of sp³-hybridized carbons (Fsp3) is 0.147. The van der Waals surface area contributed by atoms with Gasteiger partial charge < -0.3 is 24.7 Å². The van der Waals surface area contributed by atoms with Crippen molar-refractivity contribution in [1.29, 1.82) is 0 Å². The number of fused-ring (bicyclic) bond motifs is 1. The fourth-order valence-electron chi connectivity index (χ4n) is 4.73. The highest BCUT2D eigenvalue weighted by Gasteiger charge is 2.16. The van der Waals surface area contributed by atoms with Crippen molar-refractivity contribution in [3.05, 3.63) is 123 Å². The second kappa shape index (κ2) is 13.7. The van der Waals surface area contributed by atoms with Gasteiger partial charge in [-0.2, -0.15) is 0 Å². The fourth-order valence-corrected chi connectivity index (χ4v) is 5.30. The van der Waals surface area contributed by atoms with Crippen LogP contribution in [0.25, 0.3) is 22.7 Å². The predicted molar refractivity (Wildman–Crippen MR) is 174 cm³/mol. The SMILES string of the molecule is CNC(=O)c1ccc(/C=C/C(=O)NCc2cccn2-c2ccc(Cl)c(COc3cccc4ccc(C)nc34)c2Cl)cc1OC. The van der Waals surface area contributed by atoms with Gasteiger partial charge in [-0.25, -0.2) is 4.98 Å². The maximum atomic E-state index is 12.7. The zero-order chi connectivity index (χ0) is 31.2. The smallest absolute Gasteiger partial charge is 0.254 e. The van der Waals surface area contributed by atoms with Crippen molar-refractivity contribution in [2.75, 3.05) is 14.2 Å². The van der Waals surface area contributed by atoms with Gasteiger partial charge in [-0.3, -0.25) is 9.59 Å². The Labute approximate surface area is 265 Å². The normalized spacial score (nSPS) is 11.1. The minimum atomic E-state index is -0.290. The second-order valence-electron chi connectivity index (χ2n) is 9.89. The van der Waals surface area contributed by atoms with E-state index in [1.807, 2.05) is 66.2 Å². The minimum Gasteiger partial charge on any atom is -0.496 e. The van der Waals surface area contributed by atoms with Crippen LogP contribution in [0.3, 0.4) is 0 Å². The van der Waals surface area contributed by atoms with Gasteiger partial charge in [0.1, 0.15) is 23.6 Å². The number of para-hydroxylation sites is 1. The van der Waals surface area contributed by atoms with Gasteiger partial charge >= 0.3 is 0 Å². The first kappa shape index (κ1) is 30.7. The first-order valence-electron chi connectivity index (χ1n) is 13.8. The number of nitrogens with zero attached hydrogens (tertiary/aromatic N) is 2. The summed E-state index contributed by atoms with van der Waals surface area (Å²) in [5, 5.41) is 7.38. The van der Waals surface area contributed by atoms with E-state index in [1.165, 1.54) is 13.2 Å². The van der Waals surface area contributed by atoms with Gasteiger partial charge in [-0.05, 0) is 67.1 Å². The van der Waals surface area contributed by atoms with Crippen molar-refractivity contribution in [2.45, 2.75) is 20.1 Å². The molecule has 2 heterocycles. The number of methoxy groups -OCH3 is 1. The Balaban J connectivity index is 1.29. The van der Waals surface area contributed by atoms with E-state index in [0.717, 1.165) is 22.3 Å². The van der Waals surface area contributed by atoms with Crippen LogP contribution in [0.2, 0.25) is 10.0 Å². The predicted octanol–water partition coefficient (Wildman–Crippen LogP) is 6.92. The number of aromatic nitrogens is 2. The van der Waals surface area contributed by atoms with Crippen molar-refractivity contribution in [1.82, 2.24) is 20.2 Å². The molecule has 0 bridgehead atoms. The third kappa shape index (κ3) is 6.72. The molecule has 10 heteroatoms.